The minimum absolute atomic E-state index is 0.623. The van der Waals surface area contributed by atoms with Gasteiger partial charge in [-0.3, -0.25) is 0 Å². The van der Waals surface area contributed by atoms with Crippen LogP contribution in [0.4, 0.5) is 0 Å². The lowest BCUT2D eigenvalue weighted by molar-refractivity contribution is 0.818. The van der Waals surface area contributed by atoms with Crippen molar-refractivity contribution in [2.24, 2.45) is 5.92 Å². The second kappa shape index (κ2) is 3.99. The summed E-state index contributed by atoms with van der Waals surface area (Å²) in [4.78, 5) is 1.30. The molecule has 0 saturated heterocycles. The number of hydrogen-bond acceptors (Lipinski definition) is 1. The van der Waals surface area contributed by atoms with Crippen LogP contribution in [0.1, 0.15) is 27.7 Å². The van der Waals surface area contributed by atoms with Gasteiger partial charge in [0.05, 0.1) is 0 Å². The van der Waals surface area contributed by atoms with Crippen LogP contribution in [-0.4, -0.2) is 5.25 Å². The van der Waals surface area contributed by atoms with Gasteiger partial charge < -0.3 is 0 Å². The molecule has 0 atom stereocenters. The van der Waals surface area contributed by atoms with E-state index < -0.39 is 0 Å². The van der Waals surface area contributed by atoms with Crippen molar-refractivity contribution >= 4 is 11.8 Å². The van der Waals surface area contributed by atoms with Crippen LogP contribution in [0, 0.1) is 5.92 Å². The van der Waals surface area contributed by atoms with Gasteiger partial charge in [-0.1, -0.05) is 34.3 Å². The topological polar surface area (TPSA) is 0 Å². The molecule has 0 aromatic rings. The van der Waals surface area contributed by atoms with E-state index in [1.807, 2.05) is 11.8 Å². The largest absolute Gasteiger partial charge is 0.128 e. The van der Waals surface area contributed by atoms with Gasteiger partial charge in [0.25, 0.3) is 0 Å². The summed E-state index contributed by atoms with van der Waals surface area (Å²) in [5, 5.41) is 0.680. The van der Waals surface area contributed by atoms with Gasteiger partial charge in [0, 0.05) is 5.25 Å². The molecule has 0 aliphatic heterocycles. The van der Waals surface area contributed by atoms with Gasteiger partial charge >= 0.3 is 0 Å². The van der Waals surface area contributed by atoms with Crippen molar-refractivity contribution in [2.45, 2.75) is 32.9 Å². The Morgan fingerprint density at radius 3 is 1.78 bits per heavy atom. The van der Waals surface area contributed by atoms with E-state index in [2.05, 4.69) is 34.3 Å². The summed E-state index contributed by atoms with van der Waals surface area (Å²) < 4.78 is 0. The van der Waals surface area contributed by atoms with Gasteiger partial charge in [-0.25, -0.2) is 0 Å². The van der Waals surface area contributed by atoms with Gasteiger partial charge in [0.15, 0.2) is 0 Å². The molecular formula is C8H16S. The molecule has 0 saturated carbocycles. The maximum atomic E-state index is 3.96. The van der Waals surface area contributed by atoms with Crippen LogP contribution in [0.2, 0.25) is 0 Å². The first-order valence-corrected chi connectivity index (χ1v) is 4.27. The molecule has 0 bridgehead atoms. The van der Waals surface area contributed by atoms with Crippen LogP contribution in [-0.2, 0) is 0 Å². The fourth-order valence-corrected chi connectivity index (χ4v) is 1.32. The molecule has 0 aliphatic rings. The van der Waals surface area contributed by atoms with E-state index in [1.54, 1.807) is 0 Å². The SMILES string of the molecule is C=C(SC(C)C)C(C)C. The lowest BCUT2D eigenvalue weighted by Crippen LogP contribution is -1.93. The molecule has 0 spiro atoms. The maximum absolute atomic E-state index is 3.96. The van der Waals surface area contributed by atoms with E-state index in [4.69, 9.17) is 0 Å². The molecule has 54 valence electrons. The molecule has 9 heavy (non-hydrogen) atoms. The molecule has 0 unspecified atom stereocenters. The molecule has 0 radical (unpaired) electrons. The highest BCUT2D eigenvalue weighted by molar-refractivity contribution is 8.03. The van der Waals surface area contributed by atoms with Crippen molar-refractivity contribution in [3.63, 3.8) is 0 Å². The Balaban J connectivity index is 3.51. The third-order valence-electron chi connectivity index (χ3n) is 1.03. The van der Waals surface area contributed by atoms with E-state index >= 15 is 0 Å². The number of hydrogen-bond donors (Lipinski definition) is 0. The zero-order valence-corrected chi connectivity index (χ0v) is 7.59. The highest BCUT2D eigenvalue weighted by Gasteiger charge is 2.02. The average Bonchev–Trinajstić information content (AvgIpc) is 1.63. The number of allylic oxidation sites excluding steroid dienone is 1. The Kier molecular flexibility index (Phi) is 4.03. The summed E-state index contributed by atoms with van der Waals surface area (Å²) in [6.45, 7) is 12.7. The molecule has 0 nitrogen and oxygen atoms in total. The first-order chi connectivity index (χ1) is 4.04. The van der Waals surface area contributed by atoms with Gasteiger partial charge in [-0.2, -0.15) is 0 Å². The van der Waals surface area contributed by atoms with Crippen LogP contribution >= 0.6 is 11.8 Å². The Hall–Kier alpha value is 0.0900. The molecule has 0 aromatic carbocycles. The summed E-state index contributed by atoms with van der Waals surface area (Å²) in [5.74, 6) is 0.623. The standard InChI is InChI=1S/C8H16S/c1-6(2)8(5)9-7(3)4/h6-7H,5H2,1-4H3. The normalized spacial score (nSPS) is 10.9. The molecule has 0 aromatic heterocycles. The van der Waals surface area contributed by atoms with Crippen LogP contribution in [0.5, 0.6) is 0 Å². The number of rotatable bonds is 3. The van der Waals surface area contributed by atoms with E-state index in [-0.39, 0.29) is 0 Å². The number of thioether (sulfide) groups is 1. The van der Waals surface area contributed by atoms with Crippen molar-refractivity contribution in [1.82, 2.24) is 0 Å². The van der Waals surface area contributed by atoms with Gasteiger partial charge in [-0.15, -0.1) is 11.8 Å². The van der Waals surface area contributed by atoms with Gasteiger partial charge in [0.2, 0.25) is 0 Å². The Bertz CT molecular complexity index is 92.7. The minimum Gasteiger partial charge on any atom is -0.128 e. The second-order valence-corrected chi connectivity index (χ2v) is 4.49. The minimum atomic E-state index is 0.623. The summed E-state index contributed by atoms with van der Waals surface area (Å²) >= 11 is 1.87. The van der Waals surface area contributed by atoms with Crippen molar-refractivity contribution < 1.29 is 0 Å². The maximum Gasteiger partial charge on any atom is 0.00344 e. The highest BCUT2D eigenvalue weighted by atomic mass is 32.2. The molecule has 0 amide bonds. The van der Waals surface area contributed by atoms with Gasteiger partial charge in [-0.05, 0) is 10.8 Å². The average molecular weight is 144 g/mol. The molecule has 0 rings (SSSR count). The van der Waals surface area contributed by atoms with E-state index in [9.17, 15) is 0 Å². The molecule has 0 fully saturated rings. The van der Waals surface area contributed by atoms with Crippen molar-refractivity contribution in [3.05, 3.63) is 11.5 Å². The van der Waals surface area contributed by atoms with Crippen molar-refractivity contribution in [3.8, 4) is 0 Å². The van der Waals surface area contributed by atoms with Crippen molar-refractivity contribution in [1.29, 1.82) is 0 Å². The molecule has 0 N–H and O–H groups in total. The third-order valence-corrected chi connectivity index (χ3v) is 2.28. The Morgan fingerprint density at radius 1 is 1.22 bits per heavy atom. The Labute approximate surface area is 62.7 Å². The first kappa shape index (κ1) is 9.09. The first-order valence-electron chi connectivity index (χ1n) is 3.39. The highest BCUT2D eigenvalue weighted by Crippen LogP contribution is 2.25. The lowest BCUT2D eigenvalue weighted by Gasteiger charge is -2.10. The van der Waals surface area contributed by atoms with Crippen LogP contribution in [0.3, 0.4) is 0 Å². The predicted molar refractivity (Wildman–Crippen MR) is 46.7 cm³/mol. The van der Waals surface area contributed by atoms with Crippen LogP contribution in [0.15, 0.2) is 11.5 Å². The molecule has 0 heterocycles. The second-order valence-electron chi connectivity index (χ2n) is 2.79. The molecule has 1 heteroatoms. The van der Waals surface area contributed by atoms with Crippen molar-refractivity contribution in [2.75, 3.05) is 0 Å². The zero-order valence-electron chi connectivity index (χ0n) is 6.77. The summed E-state index contributed by atoms with van der Waals surface area (Å²) in [5.41, 5.74) is 0. The van der Waals surface area contributed by atoms with Crippen LogP contribution < -0.4 is 0 Å². The molecular weight excluding hydrogens is 128 g/mol. The van der Waals surface area contributed by atoms with E-state index in [1.165, 1.54) is 4.91 Å². The monoisotopic (exact) mass is 144 g/mol. The van der Waals surface area contributed by atoms with Crippen LogP contribution in [0.25, 0.3) is 0 Å². The summed E-state index contributed by atoms with van der Waals surface area (Å²) in [6, 6.07) is 0. The fourth-order valence-electron chi connectivity index (χ4n) is 0.439. The molecule has 0 aliphatic carbocycles. The third kappa shape index (κ3) is 4.58. The Morgan fingerprint density at radius 2 is 1.67 bits per heavy atom. The zero-order chi connectivity index (χ0) is 7.44. The quantitative estimate of drug-likeness (QED) is 0.585. The van der Waals surface area contributed by atoms with E-state index in [0.29, 0.717) is 11.2 Å². The predicted octanol–water partition coefficient (Wildman–Crippen LogP) is 3.30. The summed E-state index contributed by atoms with van der Waals surface area (Å²) in [7, 11) is 0. The van der Waals surface area contributed by atoms with E-state index in [0.717, 1.165) is 0 Å². The summed E-state index contributed by atoms with van der Waals surface area (Å²) in [6.07, 6.45) is 0. The lowest BCUT2D eigenvalue weighted by atomic mass is 10.2. The van der Waals surface area contributed by atoms with Gasteiger partial charge in [0.1, 0.15) is 0 Å². The smallest absolute Gasteiger partial charge is 0.00344 e. The fraction of sp³-hybridized carbons (Fsp3) is 0.750.